The van der Waals surface area contributed by atoms with Gasteiger partial charge in [0.2, 0.25) is 5.13 Å². The minimum atomic E-state index is 0.0790. The molecule has 0 amide bonds. The Morgan fingerprint density at radius 2 is 2.08 bits per heavy atom. The number of para-hydroxylation sites is 1. The molecular formula is C19H16N2O3S. The van der Waals surface area contributed by atoms with Crippen molar-refractivity contribution in [2.24, 2.45) is 4.99 Å². The molecule has 5 nitrogen and oxygen atoms in total. The van der Waals surface area contributed by atoms with Crippen LogP contribution < -0.4 is 9.47 Å². The van der Waals surface area contributed by atoms with Gasteiger partial charge in [0.1, 0.15) is 5.75 Å². The number of methoxy groups -OCH3 is 2. The molecule has 126 valence electrons. The number of aromatic hydroxyl groups is 1. The number of thiazole rings is 1. The van der Waals surface area contributed by atoms with Gasteiger partial charge >= 0.3 is 0 Å². The Morgan fingerprint density at radius 3 is 2.88 bits per heavy atom. The Labute approximate surface area is 149 Å². The molecule has 3 aromatic rings. The van der Waals surface area contributed by atoms with Gasteiger partial charge in [0.05, 0.1) is 19.9 Å². The number of phenolic OH excluding ortho intramolecular Hbond substituents is 1. The highest BCUT2D eigenvalue weighted by atomic mass is 32.1. The zero-order chi connectivity index (χ0) is 17.4. The zero-order valence-corrected chi connectivity index (χ0v) is 14.6. The fourth-order valence-corrected chi connectivity index (χ4v) is 3.85. The van der Waals surface area contributed by atoms with Crippen LogP contribution in [0.5, 0.6) is 17.2 Å². The molecule has 1 N–H and O–H groups in total. The van der Waals surface area contributed by atoms with E-state index in [0.29, 0.717) is 16.4 Å². The molecule has 0 bridgehead atoms. The monoisotopic (exact) mass is 352 g/mol. The van der Waals surface area contributed by atoms with Gasteiger partial charge in [-0.2, -0.15) is 0 Å². The van der Waals surface area contributed by atoms with E-state index in [1.165, 1.54) is 17.6 Å². The SMILES string of the molecule is COc1ccc2c(c1)Cc1sc(N=Cc3cccc(OC)c3O)nc1-2. The molecule has 1 heterocycles. The fourth-order valence-electron chi connectivity index (χ4n) is 2.91. The first-order valence-corrected chi connectivity index (χ1v) is 8.58. The number of aromatic nitrogens is 1. The number of hydrogen-bond donors (Lipinski definition) is 1. The molecule has 2 aromatic carbocycles. The quantitative estimate of drug-likeness (QED) is 0.560. The number of fused-ring (bicyclic) bond motifs is 3. The topological polar surface area (TPSA) is 63.9 Å². The summed E-state index contributed by atoms with van der Waals surface area (Å²) in [5, 5.41) is 10.8. The average Bonchev–Trinajstić information content (AvgIpc) is 3.17. The van der Waals surface area contributed by atoms with Crippen molar-refractivity contribution >= 4 is 22.7 Å². The van der Waals surface area contributed by atoms with Crippen LogP contribution in [0.25, 0.3) is 11.3 Å². The maximum Gasteiger partial charge on any atom is 0.209 e. The van der Waals surface area contributed by atoms with Crippen LogP contribution in [0.3, 0.4) is 0 Å². The number of phenols is 1. The van der Waals surface area contributed by atoms with E-state index in [-0.39, 0.29) is 5.75 Å². The third kappa shape index (κ3) is 2.74. The lowest BCUT2D eigenvalue weighted by molar-refractivity contribution is 0.373. The molecule has 0 atom stereocenters. The van der Waals surface area contributed by atoms with Crippen LogP contribution in [0.4, 0.5) is 5.13 Å². The fraction of sp³-hybridized carbons (Fsp3) is 0.158. The highest BCUT2D eigenvalue weighted by Gasteiger charge is 2.23. The maximum absolute atomic E-state index is 10.1. The largest absolute Gasteiger partial charge is 0.504 e. The van der Waals surface area contributed by atoms with Crippen LogP contribution in [-0.4, -0.2) is 30.5 Å². The molecule has 0 radical (unpaired) electrons. The van der Waals surface area contributed by atoms with Crippen molar-refractivity contribution < 1.29 is 14.6 Å². The second-order valence-corrected chi connectivity index (χ2v) is 6.69. The summed E-state index contributed by atoms with van der Waals surface area (Å²) in [7, 11) is 3.19. The van der Waals surface area contributed by atoms with E-state index in [0.717, 1.165) is 23.4 Å². The highest BCUT2D eigenvalue weighted by Crippen LogP contribution is 2.43. The molecule has 0 spiro atoms. The molecule has 0 saturated heterocycles. The molecule has 1 aromatic heterocycles. The third-order valence-corrected chi connectivity index (χ3v) is 5.13. The molecule has 0 fully saturated rings. The standard InChI is InChI=1S/C19H16N2O3S/c1-23-13-6-7-14-12(8-13)9-16-17(14)21-19(25-16)20-10-11-4-3-5-15(24-2)18(11)22/h3-8,10,22H,9H2,1-2H3. The van der Waals surface area contributed by atoms with Gasteiger partial charge in [0.25, 0.3) is 0 Å². The van der Waals surface area contributed by atoms with Gasteiger partial charge in [-0.05, 0) is 35.9 Å². The summed E-state index contributed by atoms with van der Waals surface area (Å²) in [6.07, 6.45) is 2.46. The molecule has 1 aliphatic carbocycles. The number of rotatable bonds is 4. The van der Waals surface area contributed by atoms with Crippen LogP contribution in [-0.2, 0) is 6.42 Å². The van der Waals surface area contributed by atoms with E-state index in [1.54, 1.807) is 36.8 Å². The minimum Gasteiger partial charge on any atom is -0.504 e. The van der Waals surface area contributed by atoms with E-state index < -0.39 is 0 Å². The van der Waals surface area contributed by atoms with Crippen LogP contribution in [0.1, 0.15) is 16.0 Å². The number of hydrogen-bond acceptors (Lipinski definition) is 6. The molecule has 1 aliphatic rings. The summed E-state index contributed by atoms with van der Waals surface area (Å²) in [5.41, 5.74) is 3.95. The summed E-state index contributed by atoms with van der Waals surface area (Å²) in [6, 6.07) is 11.3. The van der Waals surface area contributed by atoms with Gasteiger partial charge in [-0.3, -0.25) is 0 Å². The van der Waals surface area contributed by atoms with E-state index in [9.17, 15) is 5.11 Å². The summed E-state index contributed by atoms with van der Waals surface area (Å²) in [4.78, 5) is 10.3. The Hall–Kier alpha value is -2.86. The summed E-state index contributed by atoms with van der Waals surface area (Å²) < 4.78 is 10.4. The molecule has 25 heavy (non-hydrogen) atoms. The Bertz CT molecular complexity index is 979. The molecular weight excluding hydrogens is 336 g/mol. The number of aliphatic imine (C=N–C) groups is 1. The van der Waals surface area contributed by atoms with E-state index >= 15 is 0 Å². The normalized spacial score (nSPS) is 12.2. The first-order valence-electron chi connectivity index (χ1n) is 7.76. The maximum atomic E-state index is 10.1. The first-order chi connectivity index (χ1) is 12.2. The lowest BCUT2D eigenvalue weighted by Gasteiger charge is -2.04. The minimum absolute atomic E-state index is 0.0790. The smallest absolute Gasteiger partial charge is 0.209 e. The lowest BCUT2D eigenvalue weighted by Crippen LogP contribution is -1.88. The van der Waals surface area contributed by atoms with Crippen molar-refractivity contribution in [3.63, 3.8) is 0 Å². The van der Waals surface area contributed by atoms with Gasteiger partial charge in [-0.15, -0.1) is 0 Å². The zero-order valence-electron chi connectivity index (χ0n) is 13.8. The number of nitrogens with zero attached hydrogens (tertiary/aromatic N) is 2. The lowest BCUT2D eigenvalue weighted by atomic mass is 10.1. The van der Waals surface area contributed by atoms with Crippen molar-refractivity contribution in [2.45, 2.75) is 6.42 Å². The summed E-state index contributed by atoms with van der Waals surface area (Å²) in [5.74, 6) is 1.37. The van der Waals surface area contributed by atoms with Crippen LogP contribution in [0.15, 0.2) is 41.4 Å². The molecule has 0 unspecified atom stereocenters. The first kappa shape index (κ1) is 15.7. The molecule has 0 aliphatic heterocycles. The van der Waals surface area contributed by atoms with Crippen molar-refractivity contribution in [3.05, 3.63) is 52.4 Å². The Morgan fingerprint density at radius 1 is 1.20 bits per heavy atom. The second-order valence-electron chi connectivity index (χ2n) is 5.62. The van der Waals surface area contributed by atoms with Crippen LogP contribution in [0, 0.1) is 0 Å². The third-order valence-electron chi connectivity index (χ3n) is 4.17. The van der Waals surface area contributed by atoms with Gasteiger partial charge in [0, 0.05) is 28.6 Å². The van der Waals surface area contributed by atoms with E-state index in [2.05, 4.69) is 16.0 Å². The van der Waals surface area contributed by atoms with Crippen molar-refractivity contribution in [2.75, 3.05) is 14.2 Å². The predicted octanol–water partition coefficient (Wildman–Crippen LogP) is 4.19. The van der Waals surface area contributed by atoms with Crippen LogP contribution >= 0.6 is 11.3 Å². The van der Waals surface area contributed by atoms with Gasteiger partial charge in [-0.1, -0.05) is 17.4 Å². The Balaban J connectivity index is 1.63. The average molecular weight is 352 g/mol. The highest BCUT2D eigenvalue weighted by molar-refractivity contribution is 7.15. The molecule has 4 rings (SSSR count). The van der Waals surface area contributed by atoms with Gasteiger partial charge in [-0.25, -0.2) is 9.98 Å². The molecule has 6 heteroatoms. The second kappa shape index (κ2) is 6.22. The number of ether oxygens (including phenoxy) is 2. The van der Waals surface area contributed by atoms with E-state index in [4.69, 9.17) is 9.47 Å². The van der Waals surface area contributed by atoms with Crippen molar-refractivity contribution in [3.8, 4) is 28.5 Å². The van der Waals surface area contributed by atoms with Gasteiger partial charge in [0.15, 0.2) is 11.5 Å². The van der Waals surface area contributed by atoms with E-state index in [1.807, 2.05) is 18.2 Å². The number of benzene rings is 2. The Kier molecular flexibility index (Phi) is 3.89. The summed E-state index contributed by atoms with van der Waals surface area (Å²) in [6.45, 7) is 0. The molecule has 0 saturated carbocycles. The van der Waals surface area contributed by atoms with Crippen LogP contribution in [0.2, 0.25) is 0 Å². The van der Waals surface area contributed by atoms with Crippen molar-refractivity contribution in [1.82, 2.24) is 4.98 Å². The summed E-state index contributed by atoms with van der Waals surface area (Å²) >= 11 is 1.56. The predicted molar refractivity (Wildman–Crippen MR) is 98.8 cm³/mol. The van der Waals surface area contributed by atoms with Crippen molar-refractivity contribution in [1.29, 1.82) is 0 Å². The van der Waals surface area contributed by atoms with Gasteiger partial charge < -0.3 is 14.6 Å².